The van der Waals surface area contributed by atoms with E-state index < -0.39 is 0 Å². The van der Waals surface area contributed by atoms with Crippen LogP contribution in [0.2, 0.25) is 0 Å². The topological polar surface area (TPSA) is 47.3 Å². The van der Waals surface area contributed by atoms with E-state index >= 15 is 0 Å². The number of hydrogen-bond acceptors (Lipinski definition) is 4. The number of fused-ring (bicyclic) bond motifs is 1. The van der Waals surface area contributed by atoms with Crippen LogP contribution in [0.5, 0.6) is 5.95 Å². The van der Waals surface area contributed by atoms with Crippen LogP contribution < -0.4 is 10.1 Å². The van der Waals surface area contributed by atoms with Crippen molar-refractivity contribution >= 4 is 0 Å². The summed E-state index contributed by atoms with van der Waals surface area (Å²) < 4.78 is 10.6. The number of hydrogen-bond donors (Lipinski definition) is 1. The maximum absolute atomic E-state index is 5.48. The average molecular weight is 182 g/mol. The van der Waals surface area contributed by atoms with Crippen molar-refractivity contribution in [1.29, 1.82) is 0 Å². The summed E-state index contributed by atoms with van der Waals surface area (Å²) in [6.07, 6.45) is 1.07. The zero-order valence-corrected chi connectivity index (χ0v) is 7.96. The highest BCUT2D eigenvalue weighted by atomic mass is 16.6. The largest absolute Gasteiger partial charge is 0.461 e. The second kappa shape index (κ2) is 3.38. The lowest BCUT2D eigenvalue weighted by Crippen LogP contribution is -2.23. The molecule has 1 aliphatic rings. The Balaban J connectivity index is 2.21. The van der Waals surface area contributed by atoms with Crippen LogP contribution in [0.4, 0.5) is 0 Å². The van der Waals surface area contributed by atoms with E-state index in [1.807, 2.05) is 13.8 Å². The van der Waals surface area contributed by atoms with Gasteiger partial charge in [0.05, 0.1) is 17.4 Å². The second-order valence-corrected chi connectivity index (χ2v) is 3.49. The van der Waals surface area contributed by atoms with Gasteiger partial charge in [-0.1, -0.05) is 5.16 Å². The van der Waals surface area contributed by atoms with Gasteiger partial charge in [-0.25, -0.2) is 0 Å². The molecular formula is C9H14N2O2. The van der Waals surface area contributed by atoms with E-state index in [-0.39, 0.29) is 6.10 Å². The monoisotopic (exact) mass is 182 g/mol. The molecule has 72 valence electrons. The molecule has 0 fully saturated rings. The van der Waals surface area contributed by atoms with Crippen LogP contribution in [0, 0.1) is 0 Å². The molecule has 0 amide bonds. The fourth-order valence-electron chi connectivity index (χ4n) is 1.42. The quantitative estimate of drug-likeness (QED) is 0.744. The Hall–Kier alpha value is -1.03. The highest BCUT2D eigenvalue weighted by molar-refractivity contribution is 5.29. The summed E-state index contributed by atoms with van der Waals surface area (Å²) in [7, 11) is 0. The van der Waals surface area contributed by atoms with Gasteiger partial charge in [0.25, 0.3) is 0 Å². The maximum atomic E-state index is 5.48. The first-order valence-corrected chi connectivity index (χ1v) is 4.62. The third-order valence-corrected chi connectivity index (χ3v) is 2.02. The van der Waals surface area contributed by atoms with E-state index in [2.05, 4.69) is 10.5 Å². The number of nitrogens with one attached hydrogen (secondary N) is 1. The summed E-state index contributed by atoms with van der Waals surface area (Å²) in [6, 6.07) is 0. The van der Waals surface area contributed by atoms with Crippen LogP contribution in [0.1, 0.15) is 25.1 Å². The van der Waals surface area contributed by atoms with Crippen molar-refractivity contribution in [2.45, 2.75) is 32.9 Å². The number of rotatable bonds is 2. The molecule has 1 aromatic rings. The zero-order valence-electron chi connectivity index (χ0n) is 7.96. The lowest BCUT2D eigenvalue weighted by atomic mass is 10.1. The maximum Gasteiger partial charge on any atom is 0.316 e. The van der Waals surface area contributed by atoms with E-state index in [9.17, 15) is 0 Å². The van der Waals surface area contributed by atoms with E-state index in [0.29, 0.717) is 5.95 Å². The molecule has 2 heterocycles. The predicted octanol–water partition coefficient (Wildman–Crippen LogP) is 1.11. The number of aromatic nitrogens is 1. The number of nitrogens with zero attached hydrogens (tertiary/aromatic N) is 1. The molecule has 0 saturated heterocycles. The Morgan fingerprint density at radius 2 is 2.38 bits per heavy atom. The summed E-state index contributed by atoms with van der Waals surface area (Å²) >= 11 is 0. The first kappa shape index (κ1) is 8.56. The van der Waals surface area contributed by atoms with Crippen molar-refractivity contribution in [1.82, 2.24) is 10.5 Å². The van der Waals surface area contributed by atoms with Crippen LogP contribution >= 0.6 is 0 Å². The summed E-state index contributed by atoms with van der Waals surface area (Å²) in [5.74, 6) is 0.581. The lowest BCUT2D eigenvalue weighted by Gasteiger charge is -2.12. The summed E-state index contributed by atoms with van der Waals surface area (Å²) in [6.45, 7) is 5.73. The highest BCUT2D eigenvalue weighted by Gasteiger charge is 2.20. The van der Waals surface area contributed by atoms with Crippen LogP contribution in [0.3, 0.4) is 0 Å². The smallest absolute Gasteiger partial charge is 0.316 e. The third kappa shape index (κ3) is 1.67. The van der Waals surface area contributed by atoms with Crippen LogP contribution in [-0.2, 0) is 13.0 Å². The molecule has 0 atom stereocenters. The van der Waals surface area contributed by atoms with Gasteiger partial charge in [0.15, 0.2) is 0 Å². The predicted molar refractivity (Wildman–Crippen MR) is 47.7 cm³/mol. The zero-order chi connectivity index (χ0) is 9.26. The standard InChI is InChI=1S/C9H14N2O2/c1-6(2)12-9-7-5-10-4-3-8(7)11-13-9/h6,10H,3-5H2,1-2H3. The minimum Gasteiger partial charge on any atom is -0.461 e. The molecule has 0 spiro atoms. The first-order valence-electron chi connectivity index (χ1n) is 4.62. The highest BCUT2D eigenvalue weighted by Crippen LogP contribution is 2.25. The molecule has 1 N–H and O–H groups in total. The van der Waals surface area contributed by atoms with E-state index in [0.717, 1.165) is 30.8 Å². The lowest BCUT2D eigenvalue weighted by molar-refractivity contribution is 0.164. The van der Waals surface area contributed by atoms with Gasteiger partial charge in [0.2, 0.25) is 0 Å². The van der Waals surface area contributed by atoms with Gasteiger partial charge < -0.3 is 14.6 Å². The fraction of sp³-hybridized carbons (Fsp3) is 0.667. The van der Waals surface area contributed by atoms with E-state index in [1.165, 1.54) is 0 Å². The molecule has 4 nitrogen and oxygen atoms in total. The molecule has 0 unspecified atom stereocenters. The van der Waals surface area contributed by atoms with Gasteiger partial charge in [0, 0.05) is 19.5 Å². The van der Waals surface area contributed by atoms with E-state index in [1.54, 1.807) is 0 Å². The molecule has 0 saturated carbocycles. The molecule has 1 aliphatic heterocycles. The summed E-state index contributed by atoms with van der Waals surface area (Å²) in [5.41, 5.74) is 2.12. The molecule has 0 radical (unpaired) electrons. The Labute approximate surface area is 77.2 Å². The Morgan fingerprint density at radius 1 is 1.54 bits per heavy atom. The minimum absolute atomic E-state index is 0.138. The normalized spacial score (nSPS) is 15.9. The van der Waals surface area contributed by atoms with Gasteiger partial charge in [-0.2, -0.15) is 0 Å². The molecule has 0 aromatic carbocycles. The molecular weight excluding hydrogens is 168 g/mol. The fourth-order valence-corrected chi connectivity index (χ4v) is 1.42. The van der Waals surface area contributed by atoms with Gasteiger partial charge in [-0.15, -0.1) is 0 Å². The molecule has 0 bridgehead atoms. The van der Waals surface area contributed by atoms with Crippen molar-refractivity contribution in [3.05, 3.63) is 11.3 Å². The Kier molecular flexibility index (Phi) is 2.22. The Morgan fingerprint density at radius 3 is 3.15 bits per heavy atom. The van der Waals surface area contributed by atoms with Gasteiger partial charge in [0.1, 0.15) is 0 Å². The SMILES string of the molecule is CC(C)Oc1onc2c1CNCC2. The van der Waals surface area contributed by atoms with E-state index in [4.69, 9.17) is 9.26 Å². The van der Waals surface area contributed by atoms with Crippen LogP contribution in [0.25, 0.3) is 0 Å². The van der Waals surface area contributed by atoms with Crippen LogP contribution in [0.15, 0.2) is 4.52 Å². The van der Waals surface area contributed by atoms with Crippen LogP contribution in [-0.4, -0.2) is 17.8 Å². The summed E-state index contributed by atoms with van der Waals surface area (Å²) in [5, 5.41) is 7.23. The molecule has 2 rings (SSSR count). The second-order valence-electron chi connectivity index (χ2n) is 3.49. The number of ether oxygens (including phenoxy) is 1. The van der Waals surface area contributed by atoms with Crippen molar-refractivity contribution in [3.8, 4) is 5.95 Å². The van der Waals surface area contributed by atoms with Gasteiger partial charge in [-0.3, -0.25) is 0 Å². The summed E-state index contributed by atoms with van der Waals surface area (Å²) in [4.78, 5) is 0. The Bertz CT molecular complexity index is 294. The average Bonchev–Trinajstić information content (AvgIpc) is 2.48. The van der Waals surface area contributed by atoms with Gasteiger partial charge in [-0.05, 0) is 13.8 Å². The van der Waals surface area contributed by atoms with Crippen molar-refractivity contribution < 1.29 is 9.26 Å². The molecule has 4 heteroatoms. The molecule has 13 heavy (non-hydrogen) atoms. The van der Waals surface area contributed by atoms with Crippen molar-refractivity contribution in [2.75, 3.05) is 6.54 Å². The van der Waals surface area contributed by atoms with Gasteiger partial charge >= 0.3 is 5.95 Å². The molecule has 1 aromatic heterocycles. The third-order valence-electron chi connectivity index (χ3n) is 2.02. The molecule has 0 aliphatic carbocycles. The minimum atomic E-state index is 0.138. The van der Waals surface area contributed by atoms with Crippen molar-refractivity contribution in [2.24, 2.45) is 0 Å². The van der Waals surface area contributed by atoms with Crippen molar-refractivity contribution in [3.63, 3.8) is 0 Å². The first-order chi connectivity index (χ1) is 6.27.